The second kappa shape index (κ2) is 7.95. The Bertz CT molecular complexity index is 836. The van der Waals surface area contributed by atoms with Gasteiger partial charge in [-0.25, -0.2) is 4.99 Å². The van der Waals surface area contributed by atoms with Crippen LogP contribution in [-0.2, 0) is 6.54 Å². The Labute approximate surface area is 145 Å². The van der Waals surface area contributed by atoms with Crippen LogP contribution >= 0.6 is 11.3 Å². The second-order valence-electron chi connectivity index (χ2n) is 5.18. The molecule has 0 atom stereocenters. The largest absolute Gasteiger partial charge is 0.494 e. The summed E-state index contributed by atoms with van der Waals surface area (Å²) in [5, 5.41) is 11.5. The third kappa shape index (κ3) is 3.75. The predicted octanol–water partition coefficient (Wildman–Crippen LogP) is 3.84. The van der Waals surface area contributed by atoms with Gasteiger partial charge in [-0.2, -0.15) is 0 Å². The first-order valence-corrected chi connectivity index (χ1v) is 8.82. The summed E-state index contributed by atoms with van der Waals surface area (Å²) in [6.07, 6.45) is 0. The van der Waals surface area contributed by atoms with Crippen molar-refractivity contribution < 1.29 is 9.84 Å². The Morgan fingerprint density at radius 3 is 2.50 bits per heavy atom. The monoisotopic (exact) mass is 340 g/mol. The molecule has 1 N–H and O–H groups in total. The summed E-state index contributed by atoms with van der Waals surface area (Å²) in [4.78, 5) is 5.57. The molecule has 4 nitrogen and oxygen atoms in total. The number of rotatable bonds is 6. The van der Waals surface area contributed by atoms with Crippen molar-refractivity contribution in [2.45, 2.75) is 13.5 Å². The van der Waals surface area contributed by atoms with E-state index in [1.54, 1.807) is 11.3 Å². The van der Waals surface area contributed by atoms with Gasteiger partial charge in [-0.1, -0.05) is 18.2 Å². The van der Waals surface area contributed by atoms with E-state index in [0.717, 1.165) is 27.5 Å². The van der Waals surface area contributed by atoms with Gasteiger partial charge in [-0.3, -0.25) is 0 Å². The normalized spacial score (nSPS) is 11.7. The Hall–Kier alpha value is -2.37. The van der Waals surface area contributed by atoms with Crippen molar-refractivity contribution >= 4 is 17.0 Å². The van der Waals surface area contributed by atoms with Gasteiger partial charge in [0.25, 0.3) is 0 Å². The van der Waals surface area contributed by atoms with Gasteiger partial charge in [0.1, 0.15) is 5.75 Å². The van der Waals surface area contributed by atoms with E-state index in [-0.39, 0.29) is 6.61 Å². The highest BCUT2D eigenvalue weighted by atomic mass is 32.1. The average molecular weight is 340 g/mol. The number of hydrogen-bond acceptors (Lipinski definition) is 4. The molecular weight excluding hydrogens is 320 g/mol. The highest BCUT2D eigenvalue weighted by molar-refractivity contribution is 7.07. The van der Waals surface area contributed by atoms with Gasteiger partial charge in [-0.05, 0) is 48.9 Å². The zero-order valence-corrected chi connectivity index (χ0v) is 14.4. The van der Waals surface area contributed by atoms with Crippen LogP contribution < -0.4 is 9.54 Å². The van der Waals surface area contributed by atoms with Gasteiger partial charge in [-0.15, -0.1) is 11.3 Å². The molecule has 0 saturated carbocycles. The van der Waals surface area contributed by atoms with Gasteiger partial charge < -0.3 is 14.4 Å². The molecule has 3 aromatic rings. The maximum absolute atomic E-state index is 9.44. The molecule has 0 bridgehead atoms. The van der Waals surface area contributed by atoms with Crippen molar-refractivity contribution in [1.29, 1.82) is 0 Å². The first kappa shape index (κ1) is 16.5. The number of aliphatic hydroxyl groups is 1. The summed E-state index contributed by atoms with van der Waals surface area (Å²) in [7, 11) is 0. The Balaban J connectivity index is 2.01. The predicted molar refractivity (Wildman–Crippen MR) is 97.7 cm³/mol. The lowest BCUT2D eigenvalue weighted by molar-refractivity contribution is 0.275. The standard InChI is InChI=1S/C19H20N2O2S/c1-2-23-17-10-8-15(9-11-17)18-14-24-19(21(18)12-13-22)20-16-6-4-3-5-7-16/h3-11,14,22H,2,12-13H2,1H3. The number of aromatic nitrogens is 1. The molecule has 0 aliphatic heterocycles. The molecule has 5 heteroatoms. The summed E-state index contributed by atoms with van der Waals surface area (Å²) in [5.74, 6) is 0.861. The van der Waals surface area contributed by atoms with E-state index in [0.29, 0.717) is 13.2 Å². The summed E-state index contributed by atoms with van der Waals surface area (Å²) in [5.41, 5.74) is 3.04. The van der Waals surface area contributed by atoms with Crippen LogP contribution in [0.2, 0.25) is 0 Å². The van der Waals surface area contributed by atoms with Crippen LogP contribution in [0.5, 0.6) is 5.75 Å². The van der Waals surface area contributed by atoms with Crippen molar-refractivity contribution in [1.82, 2.24) is 4.57 Å². The zero-order valence-electron chi connectivity index (χ0n) is 13.6. The molecule has 24 heavy (non-hydrogen) atoms. The van der Waals surface area contributed by atoms with Crippen molar-refractivity contribution in [2.24, 2.45) is 4.99 Å². The van der Waals surface area contributed by atoms with Crippen LogP contribution in [0.25, 0.3) is 11.3 Å². The van der Waals surface area contributed by atoms with Gasteiger partial charge in [0, 0.05) is 11.9 Å². The molecule has 0 radical (unpaired) electrons. The van der Waals surface area contributed by atoms with Gasteiger partial charge in [0.2, 0.25) is 0 Å². The minimum absolute atomic E-state index is 0.0722. The fourth-order valence-corrected chi connectivity index (χ4v) is 3.42. The van der Waals surface area contributed by atoms with Crippen LogP contribution in [0.1, 0.15) is 6.92 Å². The van der Waals surface area contributed by atoms with Crippen molar-refractivity contribution in [3.63, 3.8) is 0 Å². The lowest BCUT2D eigenvalue weighted by Crippen LogP contribution is -2.17. The third-order valence-electron chi connectivity index (χ3n) is 3.56. The Kier molecular flexibility index (Phi) is 5.46. The summed E-state index contributed by atoms with van der Waals surface area (Å²) < 4.78 is 7.54. The molecule has 0 amide bonds. The number of hydrogen-bond donors (Lipinski definition) is 1. The molecule has 0 unspecified atom stereocenters. The number of ether oxygens (including phenoxy) is 1. The van der Waals surface area contributed by atoms with Gasteiger partial charge >= 0.3 is 0 Å². The highest BCUT2D eigenvalue weighted by Gasteiger charge is 2.08. The quantitative estimate of drug-likeness (QED) is 0.741. The van der Waals surface area contributed by atoms with E-state index in [2.05, 4.69) is 5.38 Å². The molecule has 0 aliphatic rings. The number of aliphatic hydroxyl groups excluding tert-OH is 1. The molecule has 124 valence electrons. The molecule has 2 aromatic carbocycles. The lowest BCUT2D eigenvalue weighted by Gasteiger charge is -2.08. The van der Waals surface area contributed by atoms with Gasteiger partial charge in [0.05, 0.1) is 24.6 Å². The minimum Gasteiger partial charge on any atom is -0.494 e. The molecule has 3 rings (SSSR count). The van der Waals surface area contributed by atoms with Gasteiger partial charge in [0.15, 0.2) is 4.80 Å². The Morgan fingerprint density at radius 1 is 1.08 bits per heavy atom. The topological polar surface area (TPSA) is 46.8 Å². The van der Waals surface area contributed by atoms with E-state index in [4.69, 9.17) is 9.73 Å². The van der Waals surface area contributed by atoms with Crippen molar-refractivity contribution in [3.8, 4) is 17.0 Å². The minimum atomic E-state index is 0.0722. The molecule has 0 fully saturated rings. The highest BCUT2D eigenvalue weighted by Crippen LogP contribution is 2.23. The Morgan fingerprint density at radius 2 is 1.83 bits per heavy atom. The van der Waals surface area contributed by atoms with Crippen LogP contribution in [0.3, 0.4) is 0 Å². The fraction of sp³-hybridized carbons (Fsp3) is 0.211. The van der Waals surface area contributed by atoms with E-state index in [1.165, 1.54) is 0 Å². The first-order chi connectivity index (χ1) is 11.8. The zero-order chi connectivity index (χ0) is 16.8. The molecule has 0 spiro atoms. The van der Waals surface area contributed by atoms with Crippen molar-refractivity contribution in [2.75, 3.05) is 13.2 Å². The molecule has 1 heterocycles. The van der Waals surface area contributed by atoms with Crippen LogP contribution in [0.15, 0.2) is 65.0 Å². The average Bonchev–Trinajstić information content (AvgIpc) is 3.00. The van der Waals surface area contributed by atoms with E-state index in [1.807, 2.05) is 66.1 Å². The van der Waals surface area contributed by atoms with E-state index < -0.39 is 0 Å². The van der Waals surface area contributed by atoms with Crippen LogP contribution in [0.4, 0.5) is 5.69 Å². The lowest BCUT2D eigenvalue weighted by atomic mass is 10.1. The number of para-hydroxylation sites is 1. The summed E-state index contributed by atoms with van der Waals surface area (Å²) >= 11 is 1.57. The number of benzene rings is 2. The number of thiazole rings is 1. The smallest absolute Gasteiger partial charge is 0.190 e. The maximum Gasteiger partial charge on any atom is 0.190 e. The SMILES string of the molecule is CCOc1ccc(-c2csc(=Nc3ccccc3)n2CCO)cc1. The summed E-state index contributed by atoms with van der Waals surface area (Å²) in [6.45, 7) is 3.21. The van der Waals surface area contributed by atoms with Crippen LogP contribution in [0, 0.1) is 0 Å². The maximum atomic E-state index is 9.44. The third-order valence-corrected chi connectivity index (χ3v) is 4.43. The molecule has 0 saturated heterocycles. The van der Waals surface area contributed by atoms with Crippen LogP contribution in [-0.4, -0.2) is 22.9 Å². The van der Waals surface area contributed by atoms with E-state index >= 15 is 0 Å². The molecular formula is C19H20N2O2S. The molecule has 0 aliphatic carbocycles. The summed E-state index contributed by atoms with van der Waals surface area (Å²) in [6, 6.07) is 17.9. The first-order valence-electron chi connectivity index (χ1n) is 7.94. The number of nitrogens with zero attached hydrogens (tertiary/aromatic N) is 2. The second-order valence-corrected chi connectivity index (χ2v) is 6.02. The van der Waals surface area contributed by atoms with E-state index in [9.17, 15) is 5.11 Å². The fourth-order valence-electron chi connectivity index (χ4n) is 2.47. The van der Waals surface area contributed by atoms with Crippen molar-refractivity contribution in [3.05, 3.63) is 64.8 Å². The molecule has 1 aromatic heterocycles.